The van der Waals surface area contributed by atoms with Gasteiger partial charge < -0.3 is 16.0 Å². The van der Waals surface area contributed by atoms with Gasteiger partial charge in [0.05, 0.1) is 6.54 Å². The van der Waals surface area contributed by atoms with E-state index in [1.807, 2.05) is 26.0 Å². The number of carbonyl (C=O) groups is 1. The van der Waals surface area contributed by atoms with Crippen molar-refractivity contribution in [3.05, 3.63) is 46.3 Å². The Hall–Kier alpha value is -2.41. The van der Waals surface area contributed by atoms with E-state index in [2.05, 4.69) is 50.4 Å². The highest BCUT2D eigenvalue weighted by atomic mass is 32.1. The van der Waals surface area contributed by atoms with Crippen LogP contribution >= 0.6 is 11.3 Å². The SMILES string of the molecule is CCNC(=NCC(C)c1cccs1)NCCC(=O)Nc1cccc(C)n1. The topological polar surface area (TPSA) is 78.4 Å². The molecular formula is C19H27N5OS. The van der Waals surface area contributed by atoms with Gasteiger partial charge in [-0.05, 0) is 37.4 Å². The van der Waals surface area contributed by atoms with Crippen molar-refractivity contribution in [2.24, 2.45) is 4.99 Å². The minimum Gasteiger partial charge on any atom is -0.357 e. The van der Waals surface area contributed by atoms with Gasteiger partial charge in [0, 0.05) is 36.0 Å². The summed E-state index contributed by atoms with van der Waals surface area (Å²) in [6.45, 7) is 8.08. The number of pyridine rings is 1. The molecule has 0 aromatic carbocycles. The first-order valence-corrected chi connectivity index (χ1v) is 9.75. The second kappa shape index (κ2) is 10.6. The van der Waals surface area contributed by atoms with Crippen molar-refractivity contribution in [2.75, 3.05) is 25.0 Å². The number of aryl methyl sites for hydroxylation is 1. The second-order valence-corrected chi connectivity index (χ2v) is 7.00. The molecule has 0 radical (unpaired) electrons. The molecule has 0 saturated heterocycles. The lowest BCUT2D eigenvalue weighted by atomic mass is 10.1. The van der Waals surface area contributed by atoms with Crippen molar-refractivity contribution in [3.8, 4) is 0 Å². The number of hydrogen-bond donors (Lipinski definition) is 3. The highest BCUT2D eigenvalue weighted by Gasteiger charge is 2.07. The third-order valence-electron chi connectivity index (χ3n) is 3.70. The quantitative estimate of drug-likeness (QED) is 0.491. The molecule has 1 atom stereocenters. The predicted molar refractivity (Wildman–Crippen MR) is 109 cm³/mol. The first kappa shape index (κ1) is 19.9. The molecule has 0 spiro atoms. The smallest absolute Gasteiger partial charge is 0.227 e. The van der Waals surface area contributed by atoms with E-state index < -0.39 is 0 Å². The van der Waals surface area contributed by atoms with Crippen LogP contribution in [0.15, 0.2) is 40.7 Å². The Morgan fingerprint density at radius 2 is 2.12 bits per heavy atom. The van der Waals surface area contributed by atoms with Gasteiger partial charge in [0.2, 0.25) is 5.91 Å². The monoisotopic (exact) mass is 373 g/mol. The molecule has 0 bridgehead atoms. The molecule has 26 heavy (non-hydrogen) atoms. The zero-order valence-corrected chi connectivity index (χ0v) is 16.4. The fourth-order valence-electron chi connectivity index (χ4n) is 2.34. The summed E-state index contributed by atoms with van der Waals surface area (Å²) < 4.78 is 0. The van der Waals surface area contributed by atoms with E-state index in [4.69, 9.17) is 0 Å². The van der Waals surface area contributed by atoms with Gasteiger partial charge in [0.1, 0.15) is 5.82 Å². The van der Waals surface area contributed by atoms with Gasteiger partial charge >= 0.3 is 0 Å². The number of nitrogens with zero attached hydrogens (tertiary/aromatic N) is 2. The largest absolute Gasteiger partial charge is 0.357 e. The molecule has 0 aliphatic carbocycles. The molecule has 0 saturated carbocycles. The lowest BCUT2D eigenvalue weighted by Crippen LogP contribution is -2.39. The Labute approximate surface area is 159 Å². The third-order valence-corrected chi connectivity index (χ3v) is 4.80. The average molecular weight is 374 g/mol. The van der Waals surface area contributed by atoms with E-state index in [1.54, 1.807) is 17.4 Å². The Morgan fingerprint density at radius 3 is 2.81 bits per heavy atom. The number of amides is 1. The number of guanidine groups is 1. The molecule has 1 amide bonds. The fraction of sp³-hybridized carbons (Fsp3) is 0.421. The van der Waals surface area contributed by atoms with Gasteiger partial charge in [-0.2, -0.15) is 0 Å². The summed E-state index contributed by atoms with van der Waals surface area (Å²) in [5.41, 5.74) is 0.877. The van der Waals surface area contributed by atoms with Crippen LogP contribution in [0, 0.1) is 6.92 Å². The minimum absolute atomic E-state index is 0.0709. The van der Waals surface area contributed by atoms with Crippen molar-refractivity contribution in [2.45, 2.75) is 33.1 Å². The summed E-state index contributed by atoms with van der Waals surface area (Å²) in [7, 11) is 0. The van der Waals surface area contributed by atoms with Crippen molar-refractivity contribution >= 4 is 29.0 Å². The number of aliphatic imine (C=N–C) groups is 1. The summed E-state index contributed by atoms with van der Waals surface area (Å²) in [4.78, 5) is 22.3. The van der Waals surface area contributed by atoms with Gasteiger partial charge in [-0.15, -0.1) is 11.3 Å². The summed E-state index contributed by atoms with van der Waals surface area (Å²) >= 11 is 1.75. The zero-order valence-electron chi connectivity index (χ0n) is 15.6. The molecule has 7 heteroatoms. The zero-order chi connectivity index (χ0) is 18.8. The number of hydrogen-bond acceptors (Lipinski definition) is 4. The molecule has 2 rings (SSSR count). The van der Waals surface area contributed by atoms with E-state index in [1.165, 1.54) is 4.88 Å². The molecule has 140 valence electrons. The second-order valence-electron chi connectivity index (χ2n) is 6.03. The number of nitrogens with one attached hydrogen (secondary N) is 3. The highest BCUT2D eigenvalue weighted by molar-refractivity contribution is 7.10. The maximum Gasteiger partial charge on any atom is 0.227 e. The molecule has 2 aromatic heterocycles. The van der Waals surface area contributed by atoms with Gasteiger partial charge in [-0.1, -0.05) is 19.1 Å². The van der Waals surface area contributed by atoms with Crippen LogP contribution in [0.5, 0.6) is 0 Å². The number of aromatic nitrogens is 1. The van der Waals surface area contributed by atoms with Crippen molar-refractivity contribution < 1.29 is 4.79 Å². The first-order valence-electron chi connectivity index (χ1n) is 8.87. The maximum absolute atomic E-state index is 12.0. The van der Waals surface area contributed by atoms with E-state index in [0.29, 0.717) is 31.2 Å². The van der Waals surface area contributed by atoms with Crippen molar-refractivity contribution in [3.63, 3.8) is 0 Å². The summed E-state index contributed by atoms with van der Waals surface area (Å²) in [6, 6.07) is 9.75. The lowest BCUT2D eigenvalue weighted by molar-refractivity contribution is -0.116. The van der Waals surface area contributed by atoms with Crippen LogP contribution in [0.1, 0.15) is 36.8 Å². The average Bonchev–Trinajstić information content (AvgIpc) is 3.14. The van der Waals surface area contributed by atoms with Gasteiger partial charge in [0.15, 0.2) is 5.96 Å². The van der Waals surface area contributed by atoms with Crippen LogP contribution in [0.4, 0.5) is 5.82 Å². The highest BCUT2D eigenvalue weighted by Crippen LogP contribution is 2.20. The maximum atomic E-state index is 12.0. The van der Waals surface area contributed by atoms with Crippen LogP contribution in [0.25, 0.3) is 0 Å². The molecule has 2 aromatic rings. The number of anilines is 1. The van der Waals surface area contributed by atoms with Crippen LogP contribution in [0.3, 0.4) is 0 Å². The fourth-order valence-corrected chi connectivity index (χ4v) is 3.12. The molecule has 2 heterocycles. The van der Waals surface area contributed by atoms with Gasteiger partial charge in [0.25, 0.3) is 0 Å². The summed E-state index contributed by atoms with van der Waals surface area (Å²) in [5.74, 6) is 1.62. The Morgan fingerprint density at radius 1 is 1.27 bits per heavy atom. The van der Waals surface area contributed by atoms with E-state index in [9.17, 15) is 4.79 Å². The number of carbonyl (C=O) groups excluding carboxylic acids is 1. The van der Waals surface area contributed by atoms with E-state index >= 15 is 0 Å². The predicted octanol–water partition coefficient (Wildman–Crippen LogP) is 3.14. The van der Waals surface area contributed by atoms with Crippen LogP contribution in [-0.2, 0) is 4.79 Å². The first-order chi connectivity index (χ1) is 12.6. The summed E-state index contributed by atoms with van der Waals surface area (Å²) in [6.07, 6.45) is 0.348. The van der Waals surface area contributed by atoms with E-state index in [0.717, 1.165) is 18.2 Å². The van der Waals surface area contributed by atoms with Crippen LogP contribution in [-0.4, -0.2) is 36.5 Å². The van der Waals surface area contributed by atoms with Gasteiger partial charge in [-0.3, -0.25) is 9.79 Å². The molecule has 3 N–H and O–H groups in total. The Kier molecular flexibility index (Phi) is 8.08. The van der Waals surface area contributed by atoms with Crippen molar-refractivity contribution in [1.82, 2.24) is 15.6 Å². The molecule has 1 unspecified atom stereocenters. The number of thiophene rings is 1. The van der Waals surface area contributed by atoms with Gasteiger partial charge in [-0.25, -0.2) is 4.98 Å². The molecule has 0 fully saturated rings. The van der Waals surface area contributed by atoms with E-state index in [-0.39, 0.29) is 5.91 Å². The normalized spacial score (nSPS) is 12.5. The van der Waals surface area contributed by atoms with Crippen LogP contribution in [0.2, 0.25) is 0 Å². The third kappa shape index (κ3) is 6.84. The number of rotatable bonds is 8. The lowest BCUT2D eigenvalue weighted by Gasteiger charge is -2.13. The Bertz CT molecular complexity index is 714. The standard InChI is InChI=1S/C19H27N5OS/c1-4-20-19(22-13-14(2)16-8-6-12-26-16)21-11-10-18(25)24-17-9-5-7-15(3)23-17/h5-9,12,14H,4,10-11,13H2,1-3H3,(H2,20,21,22)(H,23,24,25). The molecular weight excluding hydrogens is 346 g/mol. The minimum atomic E-state index is -0.0709. The Balaban J connectivity index is 1.78. The molecule has 0 aliphatic rings. The summed E-state index contributed by atoms with van der Waals surface area (Å²) in [5, 5.41) is 11.3. The molecule has 0 aliphatic heterocycles. The van der Waals surface area contributed by atoms with Crippen LogP contribution < -0.4 is 16.0 Å². The van der Waals surface area contributed by atoms with Crippen molar-refractivity contribution in [1.29, 1.82) is 0 Å². The molecule has 6 nitrogen and oxygen atoms in total.